The van der Waals surface area contributed by atoms with Crippen LogP contribution in [0, 0.1) is 0 Å². The second kappa shape index (κ2) is 9.38. The number of thioether (sulfide) groups is 1. The van der Waals surface area contributed by atoms with E-state index in [1.54, 1.807) is 18.7 Å². The molecule has 0 aliphatic carbocycles. The van der Waals surface area contributed by atoms with Crippen LogP contribution in [0.4, 0.5) is 0 Å². The molecule has 1 N–H and O–H groups in total. The third-order valence-electron chi connectivity index (χ3n) is 2.21. The van der Waals surface area contributed by atoms with Gasteiger partial charge in [-0.25, -0.2) is 0 Å². The number of carbonyl (C=O) groups is 1. The lowest BCUT2D eigenvalue weighted by molar-refractivity contribution is -0.136. The molecule has 0 heterocycles. The van der Waals surface area contributed by atoms with E-state index in [0.717, 1.165) is 12.2 Å². The highest BCUT2D eigenvalue weighted by atomic mass is 32.2. The Morgan fingerprint density at radius 3 is 2.36 bits per heavy atom. The highest BCUT2D eigenvalue weighted by molar-refractivity contribution is 8.00. The zero-order chi connectivity index (χ0) is 10.8. The summed E-state index contributed by atoms with van der Waals surface area (Å²) in [7, 11) is 0. The summed E-state index contributed by atoms with van der Waals surface area (Å²) in [6, 6.07) is 0. The van der Waals surface area contributed by atoms with Crippen molar-refractivity contribution in [2.45, 2.75) is 57.6 Å². The molecule has 0 saturated heterocycles. The number of aliphatic carboxylic acids is 1. The van der Waals surface area contributed by atoms with Crippen LogP contribution in [0.15, 0.2) is 0 Å². The Morgan fingerprint density at radius 1 is 1.21 bits per heavy atom. The van der Waals surface area contributed by atoms with Gasteiger partial charge < -0.3 is 5.11 Å². The predicted octanol–water partition coefficient (Wildman–Crippen LogP) is 3.55. The molecule has 0 radical (unpaired) electrons. The van der Waals surface area contributed by atoms with Gasteiger partial charge >= 0.3 is 5.97 Å². The van der Waals surface area contributed by atoms with Crippen molar-refractivity contribution in [1.82, 2.24) is 0 Å². The van der Waals surface area contributed by atoms with E-state index in [9.17, 15) is 4.79 Å². The summed E-state index contributed by atoms with van der Waals surface area (Å²) in [5.41, 5.74) is 0. The van der Waals surface area contributed by atoms with E-state index in [2.05, 4.69) is 6.92 Å². The fraction of sp³-hybridized carbons (Fsp3) is 0.909. The normalized spacial score (nSPS) is 12.7. The van der Waals surface area contributed by atoms with E-state index in [1.165, 1.54) is 32.1 Å². The zero-order valence-corrected chi connectivity index (χ0v) is 10.1. The van der Waals surface area contributed by atoms with Gasteiger partial charge in [-0.2, -0.15) is 0 Å². The molecule has 1 atom stereocenters. The number of carboxylic acid groups (broad SMARTS) is 1. The molecule has 14 heavy (non-hydrogen) atoms. The molecular formula is C11H22O2S. The van der Waals surface area contributed by atoms with Crippen molar-refractivity contribution in [1.29, 1.82) is 0 Å². The van der Waals surface area contributed by atoms with Crippen LogP contribution in [0.25, 0.3) is 0 Å². The monoisotopic (exact) mass is 218 g/mol. The molecule has 0 aromatic rings. The summed E-state index contributed by atoms with van der Waals surface area (Å²) < 4.78 is 0. The van der Waals surface area contributed by atoms with Crippen LogP contribution in [0.3, 0.4) is 0 Å². The van der Waals surface area contributed by atoms with Crippen LogP contribution in [0.1, 0.15) is 52.4 Å². The lowest BCUT2D eigenvalue weighted by Gasteiger charge is -2.05. The Balaban J connectivity index is 3.09. The summed E-state index contributed by atoms with van der Waals surface area (Å²) in [5, 5.41) is 8.39. The third kappa shape index (κ3) is 8.42. The average molecular weight is 218 g/mol. The van der Waals surface area contributed by atoms with E-state index >= 15 is 0 Å². The van der Waals surface area contributed by atoms with Gasteiger partial charge in [0, 0.05) is 0 Å². The lowest BCUT2D eigenvalue weighted by atomic mass is 10.1. The molecule has 84 valence electrons. The zero-order valence-electron chi connectivity index (χ0n) is 9.29. The molecule has 0 fully saturated rings. The second-order valence-electron chi connectivity index (χ2n) is 3.62. The van der Waals surface area contributed by atoms with Gasteiger partial charge in [-0.1, -0.05) is 39.0 Å². The molecule has 1 unspecified atom stereocenters. The molecule has 0 amide bonds. The van der Waals surface area contributed by atoms with Gasteiger partial charge in [0.15, 0.2) is 0 Å². The van der Waals surface area contributed by atoms with Crippen LogP contribution in [0.5, 0.6) is 0 Å². The van der Waals surface area contributed by atoms with Gasteiger partial charge in [-0.3, -0.25) is 4.79 Å². The Morgan fingerprint density at radius 2 is 1.79 bits per heavy atom. The van der Waals surface area contributed by atoms with E-state index in [-0.39, 0.29) is 5.25 Å². The summed E-state index contributed by atoms with van der Waals surface area (Å²) in [4.78, 5) is 10.5. The first-order chi connectivity index (χ1) is 6.68. The van der Waals surface area contributed by atoms with E-state index in [4.69, 9.17) is 5.11 Å². The van der Waals surface area contributed by atoms with Gasteiger partial charge in [0.1, 0.15) is 0 Å². The number of carboxylic acids is 1. The van der Waals surface area contributed by atoms with Crippen LogP contribution < -0.4 is 0 Å². The first-order valence-electron chi connectivity index (χ1n) is 5.53. The molecule has 3 heteroatoms. The molecule has 2 nitrogen and oxygen atoms in total. The summed E-state index contributed by atoms with van der Waals surface area (Å²) >= 11 is 1.55. The quantitative estimate of drug-likeness (QED) is 0.601. The first kappa shape index (κ1) is 13.8. The van der Waals surface area contributed by atoms with Gasteiger partial charge in [0.2, 0.25) is 0 Å². The maximum absolute atomic E-state index is 10.5. The lowest BCUT2D eigenvalue weighted by Crippen LogP contribution is -2.11. The number of unbranched alkanes of at least 4 members (excludes halogenated alkanes) is 5. The summed E-state index contributed by atoms with van der Waals surface area (Å²) in [6.07, 6.45) is 7.65. The first-order valence-corrected chi connectivity index (χ1v) is 6.57. The van der Waals surface area contributed by atoms with Crippen molar-refractivity contribution < 1.29 is 9.90 Å². The molecule has 0 saturated carbocycles. The molecule has 0 aromatic heterocycles. The van der Waals surface area contributed by atoms with Crippen LogP contribution in [0.2, 0.25) is 0 Å². The minimum Gasteiger partial charge on any atom is -0.480 e. The number of rotatable bonds is 9. The van der Waals surface area contributed by atoms with Crippen molar-refractivity contribution in [3.05, 3.63) is 0 Å². The maximum Gasteiger partial charge on any atom is 0.316 e. The van der Waals surface area contributed by atoms with Gasteiger partial charge in [-0.15, -0.1) is 11.8 Å². The average Bonchev–Trinajstić information content (AvgIpc) is 2.16. The highest BCUT2D eigenvalue weighted by Gasteiger charge is 2.09. The summed E-state index contributed by atoms with van der Waals surface area (Å²) in [6.45, 7) is 3.97. The smallest absolute Gasteiger partial charge is 0.316 e. The third-order valence-corrected chi connectivity index (χ3v) is 3.44. The SMILES string of the molecule is CCCCCCCCSC(C)C(=O)O. The maximum atomic E-state index is 10.5. The highest BCUT2D eigenvalue weighted by Crippen LogP contribution is 2.14. The number of hydrogen-bond donors (Lipinski definition) is 1. The largest absolute Gasteiger partial charge is 0.480 e. The van der Waals surface area contributed by atoms with Crippen molar-refractivity contribution >= 4 is 17.7 Å². The topological polar surface area (TPSA) is 37.3 Å². The van der Waals surface area contributed by atoms with Crippen molar-refractivity contribution in [3.8, 4) is 0 Å². The standard InChI is InChI=1S/C11H22O2S/c1-3-4-5-6-7-8-9-14-10(2)11(12)13/h10H,3-9H2,1-2H3,(H,12,13). The van der Waals surface area contributed by atoms with Gasteiger partial charge in [0.25, 0.3) is 0 Å². The molecule has 0 aliphatic heterocycles. The minimum atomic E-state index is -0.694. The fourth-order valence-electron chi connectivity index (χ4n) is 1.21. The summed E-state index contributed by atoms with van der Waals surface area (Å²) in [5.74, 6) is 0.292. The Kier molecular flexibility index (Phi) is 9.26. The van der Waals surface area contributed by atoms with Crippen molar-refractivity contribution in [3.63, 3.8) is 0 Å². The molecule has 0 aromatic carbocycles. The Hall–Kier alpha value is -0.180. The van der Waals surface area contributed by atoms with Gasteiger partial charge in [-0.05, 0) is 19.1 Å². The van der Waals surface area contributed by atoms with Crippen LogP contribution in [-0.2, 0) is 4.79 Å². The molecular weight excluding hydrogens is 196 g/mol. The Labute approximate surface area is 91.5 Å². The van der Waals surface area contributed by atoms with E-state index < -0.39 is 5.97 Å². The van der Waals surface area contributed by atoms with Crippen molar-refractivity contribution in [2.24, 2.45) is 0 Å². The second-order valence-corrected chi connectivity index (χ2v) is 5.07. The van der Waals surface area contributed by atoms with Gasteiger partial charge in [0.05, 0.1) is 5.25 Å². The molecule has 0 aliphatic rings. The molecule has 0 bridgehead atoms. The minimum absolute atomic E-state index is 0.245. The van der Waals surface area contributed by atoms with E-state index in [1.807, 2.05) is 0 Å². The van der Waals surface area contributed by atoms with E-state index in [0.29, 0.717) is 0 Å². The fourth-order valence-corrected chi connectivity index (χ4v) is 2.08. The Bertz CT molecular complexity index is 148. The number of hydrogen-bond acceptors (Lipinski definition) is 2. The molecule has 0 rings (SSSR count). The van der Waals surface area contributed by atoms with Crippen LogP contribution in [-0.4, -0.2) is 22.1 Å². The van der Waals surface area contributed by atoms with Crippen molar-refractivity contribution in [2.75, 3.05) is 5.75 Å². The predicted molar refractivity (Wildman–Crippen MR) is 62.9 cm³/mol. The molecule has 0 spiro atoms. The van der Waals surface area contributed by atoms with Crippen LogP contribution >= 0.6 is 11.8 Å².